The highest BCUT2D eigenvalue weighted by Crippen LogP contribution is 2.76. The Hall–Kier alpha value is -1.96. The highest BCUT2D eigenvalue weighted by Gasteiger charge is 2.68. The predicted octanol–water partition coefficient (Wildman–Crippen LogP) is 7.70. The zero-order valence-electron chi connectivity index (χ0n) is 20.6. The summed E-state index contributed by atoms with van der Waals surface area (Å²) >= 11 is 0. The van der Waals surface area contributed by atoms with E-state index in [1.54, 1.807) is 0 Å². The number of phenols is 2. The van der Waals surface area contributed by atoms with E-state index in [-0.39, 0.29) is 10.8 Å². The minimum atomic E-state index is 0.165. The quantitative estimate of drug-likeness (QED) is 0.508. The molecular weight excluding hydrogens is 392 g/mol. The molecule has 4 bridgehead atoms. The van der Waals surface area contributed by atoms with Gasteiger partial charge >= 0.3 is 0 Å². The fraction of sp³-hybridized carbons (Fsp3) is 0.600. The van der Waals surface area contributed by atoms with Gasteiger partial charge in [-0.3, -0.25) is 0 Å². The van der Waals surface area contributed by atoms with Gasteiger partial charge in [-0.05, 0) is 121 Å². The Morgan fingerprint density at radius 1 is 0.750 bits per heavy atom. The molecule has 2 aromatic carbocycles. The fourth-order valence-electron chi connectivity index (χ4n) is 8.92. The molecule has 0 radical (unpaired) electrons. The maximum absolute atomic E-state index is 10.3. The van der Waals surface area contributed by atoms with Gasteiger partial charge in [-0.2, -0.15) is 0 Å². The lowest BCUT2D eigenvalue weighted by atomic mass is 9.32. The smallest absolute Gasteiger partial charge is 0.118 e. The van der Waals surface area contributed by atoms with E-state index in [0.717, 1.165) is 11.1 Å². The minimum Gasteiger partial charge on any atom is -0.508 e. The van der Waals surface area contributed by atoms with Crippen LogP contribution in [0.25, 0.3) is 0 Å². The van der Waals surface area contributed by atoms with Gasteiger partial charge in [0.2, 0.25) is 0 Å². The van der Waals surface area contributed by atoms with Gasteiger partial charge in [-0.25, -0.2) is 0 Å². The largest absolute Gasteiger partial charge is 0.508 e. The minimum absolute atomic E-state index is 0.165. The number of hydrogen-bond acceptors (Lipinski definition) is 2. The van der Waals surface area contributed by atoms with Crippen LogP contribution in [-0.2, 0) is 10.8 Å². The number of rotatable bonds is 5. The summed E-state index contributed by atoms with van der Waals surface area (Å²) in [6.45, 7) is 11.4. The molecule has 4 aliphatic rings. The van der Waals surface area contributed by atoms with Crippen LogP contribution in [0.2, 0.25) is 0 Å². The van der Waals surface area contributed by atoms with Crippen molar-refractivity contribution in [2.24, 2.45) is 16.7 Å². The Labute approximate surface area is 194 Å². The van der Waals surface area contributed by atoms with Crippen molar-refractivity contribution in [1.82, 2.24) is 0 Å². The van der Waals surface area contributed by atoms with Crippen molar-refractivity contribution in [2.75, 3.05) is 0 Å². The van der Waals surface area contributed by atoms with Crippen LogP contribution < -0.4 is 0 Å². The second-order valence-electron chi connectivity index (χ2n) is 12.4. The molecule has 172 valence electrons. The van der Waals surface area contributed by atoms with Crippen LogP contribution >= 0.6 is 0 Å². The van der Waals surface area contributed by atoms with Crippen molar-refractivity contribution in [3.63, 3.8) is 0 Å². The van der Waals surface area contributed by atoms with Gasteiger partial charge in [0.1, 0.15) is 11.5 Å². The number of benzene rings is 2. The Morgan fingerprint density at radius 3 is 1.66 bits per heavy atom. The summed E-state index contributed by atoms with van der Waals surface area (Å²) in [7, 11) is 0. The first kappa shape index (κ1) is 21.9. The molecule has 0 saturated heterocycles. The maximum atomic E-state index is 10.3. The molecule has 4 fully saturated rings. The zero-order chi connectivity index (χ0) is 22.9. The van der Waals surface area contributed by atoms with Crippen LogP contribution in [0.3, 0.4) is 0 Å². The van der Waals surface area contributed by atoms with Gasteiger partial charge in [0.05, 0.1) is 0 Å². The van der Waals surface area contributed by atoms with E-state index in [9.17, 15) is 10.2 Å². The number of aryl methyl sites for hydroxylation is 2. The van der Waals surface area contributed by atoms with Gasteiger partial charge in [0.15, 0.2) is 0 Å². The SMILES string of the molecule is CCCC12CC3(c4ccc(O)c(C)c4)CC(c4ccc(O)c(C)c4)(C1)CC(C(C)C)(C2)C3. The second-order valence-corrected chi connectivity index (χ2v) is 12.4. The molecule has 2 aromatic rings. The molecule has 4 saturated carbocycles. The fourth-order valence-corrected chi connectivity index (χ4v) is 8.92. The van der Waals surface area contributed by atoms with Crippen molar-refractivity contribution in [3.8, 4) is 11.5 Å². The van der Waals surface area contributed by atoms with Crippen LogP contribution in [0.4, 0.5) is 0 Å². The van der Waals surface area contributed by atoms with E-state index in [4.69, 9.17) is 0 Å². The van der Waals surface area contributed by atoms with Crippen LogP contribution in [0, 0.1) is 30.6 Å². The van der Waals surface area contributed by atoms with E-state index in [1.807, 2.05) is 26.0 Å². The number of hydrogen-bond donors (Lipinski definition) is 2. The highest BCUT2D eigenvalue weighted by molar-refractivity contribution is 5.46. The maximum Gasteiger partial charge on any atom is 0.118 e. The standard InChI is InChI=1S/C30H40O2/c1-6-11-27-14-28(20(2)3)17-29(15-27,23-7-9-25(31)21(4)12-23)19-30(16-27,18-28)24-8-10-26(32)22(5)13-24/h7-10,12-13,20,31-32H,6,11,14-19H2,1-5H3. The summed E-state index contributed by atoms with van der Waals surface area (Å²) in [5.74, 6) is 1.46. The van der Waals surface area contributed by atoms with Crippen molar-refractivity contribution in [1.29, 1.82) is 0 Å². The summed E-state index contributed by atoms with van der Waals surface area (Å²) in [6, 6.07) is 12.9. The molecule has 4 aliphatic carbocycles. The van der Waals surface area contributed by atoms with E-state index >= 15 is 0 Å². The normalized spacial score (nSPS) is 35.6. The van der Waals surface area contributed by atoms with Gasteiger partial charge in [0, 0.05) is 0 Å². The zero-order valence-corrected chi connectivity index (χ0v) is 20.6. The third-order valence-electron chi connectivity index (χ3n) is 9.83. The van der Waals surface area contributed by atoms with Crippen LogP contribution in [0.1, 0.15) is 94.4 Å². The second kappa shape index (κ2) is 7.02. The Balaban J connectivity index is 1.74. The Bertz CT molecular complexity index is 981. The molecule has 6 rings (SSSR count). The molecule has 2 heteroatoms. The van der Waals surface area contributed by atoms with E-state index < -0.39 is 0 Å². The first-order valence-corrected chi connectivity index (χ1v) is 12.7. The molecule has 0 aromatic heterocycles. The molecule has 0 aliphatic heterocycles. The van der Waals surface area contributed by atoms with E-state index in [2.05, 4.69) is 45.0 Å². The van der Waals surface area contributed by atoms with Gasteiger partial charge in [-0.15, -0.1) is 0 Å². The third kappa shape index (κ3) is 3.05. The third-order valence-corrected chi connectivity index (χ3v) is 9.83. The van der Waals surface area contributed by atoms with Crippen LogP contribution in [-0.4, -0.2) is 10.2 Å². The summed E-state index contributed by atoms with van der Waals surface area (Å²) < 4.78 is 0. The van der Waals surface area contributed by atoms with Crippen LogP contribution in [0.15, 0.2) is 36.4 Å². The number of aromatic hydroxyl groups is 2. The van der Waals surface area contributed by atoms with Crippen molar-refractivity contribution >= 4 is 0 Å². The summed E-state index contributed by atoms with van der Waals surface area (Å²) in [6.07, 6.45) is 10.2. The summed E-state index contributed by atoms with van der Waals surface area (Å²) in [5.41, 5.74) is 5.94. The summed E-state index contributed by atoms with van der Waals surface area (Å²) in [5, 5.41) is 20.5. The summed E-state index contributed by atoms with van der Waals surface area (Å²) in [4.78, 5) is 0. The first-order chi connectivity index (χ1) is 15.1. The Kier molecular flexibility index (Phi) is 4.79. The van der Waals surface area contributed by atoms with Gasteiger partial charge < -0.3 is 10.2 Å². The van der Waals surface area contributed by atoms with Gasteiger partial charge in [-0.1, -0.05) is 51.5 Å². The monoisotopic (exact) mass is 432 g/mol. The lowest BCUT2D eigenvalue weighted by Crippen LogP contribution is -2.65. The first-order valence-electron chi connectivity index (χ1n) is 12.7. The Morgan fingerprint density at radius 2 is 1.25 bits per heavy atom. The van der Waals surface area contributed by atoms with Crippen LogP contribution in [0.5, 0.6) is 11.5 Å². The average Bonchev–Trinajstić information content (AvgIpc) is 2.71. The molecule has 0 spiro atoms. The molecule has 2 unspecified atom stereocenters. The highest BCUT2D eigenvalue weighted by atomic mass is 16.3. The van der Waals surface area contributed by atoms with E-state index in [0.29, 0.717) is 28.2 Å². The lowest BCUT2D eigenvalue weighted by molar-refractivity contribution is -0.162. The van der Waals surface area contributed by atoms with E-state index in [1.165, 1.54) is 62.5 Å². The molecule has 0 amide bonds. The number of phenolic OH excluding ortho intramolecular Hbond substituents is 2. The molecule has 0 heterocycles. The predicted molar refractivity (Wildman–Crippen MR) is 131 cm³/mol. The molecule has 2 atom stereocenters. The van der Waals surface area contributed by atoms with Crippen molar-refractivity contribution in [2.45, 2.75) is 96.8 Å². The van der Waals surface area contributed by atoms with Gasteiger partial charge in [0.25, 0.3) is 0 Å². The topological polar surface area (TPSA) is 40.5 Å². The molecular formula is C30H40O2. The van der Waals surface area contributed by atoms with Crippen molar-refractivity contribution < 1.29 is 10.2 Å². The molecule has 32 heavy (non-hydrogen) atoms. The average molecular weight is 433 g/mol. The molecule has 2 nitrogen and oxygen atoms in total. The molecule has 2 N–H and O–H groups in total. The van der Waals surface area contributed by atoms with Crippen molar-refractivity contribution in [3.05, 3.63) is 58.7 Å². The lowest BCUT2D eigenvalue weighted by Gasteiger charge is -2.72.